The minimum Gasteiger partial charge on any atom is -0.508 e. The number of phenolic OH excluding ortho intramolecular Hbond substituents is 1. The molecular formula is C45H52N6O10. The summed E-state index contributed by atoms with van der Waals surface area (Å²) >= 11 is 0. The molecule has 4 aromatic carbocycles. The lowest BCUT2D eigenvalue weighted by Crippen LogP contribution is -2.61. The monoisotopic (exact) mass is 836 g/mol. The van der Waals surface area contributed by atoms with Crippen LogP contribution in [-0.4, -0.2) is 110 Å². The van der Waals surface area contributed by atoms with Gasteiger partial charge in [-0.15, -0.1) is 0 Å². The molecule has 0 aliphatic carbocycles. The van der Waals surface area contributed by atoms with Crippen LogP contribution in [0.4, 0.5) is 0 Å². The van der Waals surface area contributed by atoms with Crippen LogP contribution in [0.1, 0.15) is 42.0 Å². The number of nitrogens with zero attached hydrogens (tertiary/aromatic N) is 1. The van der Waals surface area contributed by atoms with Crippen LogP contribution in [-0.2, 0) is 54.5 Å². The van der Waals surface area contributed by atoms with Crippen molar-refractivity contribution in [2.45, 2.75) is 87.8 Å². The molecule has 322 valence electrons. The molecule has 1 saturated heterocycles. The van der Waals surface area contributed by atoms with Gasteiger partial charge in [0.15, 0.2) is 0 Å². The number of aliphatic hydroxyl groups is 1. The van der Waals surface area contributed by atoms with E-state index in [0.717, 1.165) is 22.3 Å². The van der Waals surface area contributed by atoms with E-state index in [1.165, 1.54) is 24.0 Å². The summed E-state index contributed by atoms with van der Waals surface area (Å²) < 4.78 is 0. The van der Waals surface area contributed by atoms with E-state index in [9.17, 15) is 44.1 Å². The van der Waals surface area contributed by atoms with Crippen molar-refractivity contribution in [2.24, 2.45) is 11.5 Å². The molecule has 1 heterocycles. The third-order valence-corrected chi connectivity index (χ3v) is 10.6. The lowest BCUT2D eigenvalue weighted by molar-refractivity contribution is -0.146. The third-order valence-electron chi connectivity index (χ3n) is 10.6. The number of hydrogen-bond donors (Lipinski definition) is 9. The van der Waals surface area contributed by atoms with Crippen molar-refractivity contribution in [3.63, 3.8) is 0 Å². The molecule has 1 aliphatic rings. The molecule has 4 aromatic rings. The molecule has 1 aliphatic heterocycles. The zero-order chi connectivity index (χ0) is 44.2. The molecule has 5 rings (SSSR count). The second-order valence-electron chi connectivity index (χ2n) is 15.3. The number of nitrogens with one attached hydrogen (secondary N) is 3. The lowest BCUT2D eigenvalue weighted by atomic mass is 9.98. The van der Waals surface area contributed by atoms with E-state index in [2.05, 4.69) is 16.0 Å². The molecule has 4 amide bonds. The smallest absolute Gasteiger partial charge is 0.326 e. The van der Waals surface area contributed by atoms with Gasteiger partial charge in [-0.2, -0.15) is 0 Å². The zero-order valence-corrected chi connectivity index (χ0v) is 33.6. The Hall–Kier alpha value is -6.62. The molecule has 0 radical (unpaired) electrons. The standard InChI is InChI=1S/C45H52N6O10/c1-26(52)39(43(57)51-21-5-8-38(51)42(56)49-37(45(60)61)25-27-6-3-2-4-7-27)50-41(55)36(24-30-13-19-33(53)20-14-30)48-40(54)34(46)22-28-9-15-31(16-10-28)32-17-11-29(12-18-32)23-35(47)44(58)59/h2-4,6-7,9-20,26,34-39,52-53H,5,8,21-25,46-47H2,1H3,(H,48,54)(H,49,56)(H,50,55)(H,58,59)(H,60,61). The minimum atomic E-state index is -1.54. The number of aliphatic carboxylic acids is 2. The Morgan fingerprint density at radius 1 is 0.639 bits per heavy atom. The van der Waals surface area contributed by atoms with Crippen molar-refractivity contribution >= 4 is 35.6 Å². The van der Waals surface area contributed by atoms with Crippen molar-refractivity contribution < 1.29 is 49.2 Å². The molecule has 16 nitrogen and oxygen atoms in total. The van der Waals surface area contributed by atoms with Crippen LogP contribution >= 0.6 is 0 Å². The van der Waals surface area contributed by atoms with Crippen molar-refractivity contribution in [1.29, 1.82) is 0 Å². The second kappa shape index (κ2) is 21.1. The van der Waals surface area contributed by atoms with E-state index in [1.807, 2.05) is 48.5 Å². The summed E-state index contributed by atoms with van der Waals surface area (Å²) in [6.07, 6.45) is -0.549. The Kier molecular flexibility index (Phi) is 15.7. The Morgan fingerprint density at radius 2 is 1.15 bits per heavy atom. The predicted molar refractivity (Wildman–Crippen MR) is 225 cm³/mol. The average molecular weight is 837 g/mol. The summed E-state index contributed by atoms with van der Waals surface area (Å²) in [6, 6.07) is 22.2. The number of benzene rings is 4. The van der Waals surface area contributed by atoms with E-state index >= 15 is 0 Å². The van der Waals surface area contributed by atoms with Crippen LogP contribution in [0.3, 0.4) is 0 Å². The van der Waals surface area contributed by atoms with E-state index in [-0.39, 0.29) is 44.4 Å². The van der Waals surface area contributed by atoms with E-state index in [1.54, 1.807) is 42.5 Å². The molecule has 61 heavy (non-hydrogen) atoms. The number of nitrogens with two attached hydrogens (primary N) is 2. The lowest BCUT2D eigenvalue weighted by Gasteiger charge is -2.31. The van der Waals surface area contributed by atoms with E-state index in [0.29, 0.717) is 17.5 Å². The minimum absolute atomic E-state index is 0.0157. The summed E-state index contributed by atoms with van der Waals surface area (Å²) in [6.45, 7) is 1.42. The highest BCUT2D eigenvalue weighted by molar-refractivity contribution is 5.96. The van der Waals surface area contributed by atoms with Gasteiger partial charge in [0.05, 0.1) is 12.1 Å². The first kappa shape index (κ1) is 45.5. The number of aromatic hydroxyl groups is 1. The van der Waals surface area contributed by atoms with Crippen LogP contribution in [0.5, 0.6) is 5.75 Å². The average Bonchev–Trinajstić information content (AvgIpc) is 3.74. The fourth-order valence-corrected chi connectivity index (χ4v) is 7.15. The highest BCUT2D eigenvalue weighted by Gasteiger charge is 2.41. The van der Waals surface area contributed by atoms with Crippen LogP contribution in [0.25, 0.3) is 11.1 Å². The Morgan fingerprint density at radius 3 is 1.69 bits per heavy atom. The number of carbonyl (C=O) groups is 6. The molecule has 11 N–H and O–H groups in total. The largest absolute Gasteiger partial charge is 0.508 e. The van der Waals surface area contributed by atoms with Gasteiger partial charge < -0.3 is 52.7 Å². The Labute approximate surface area is 352 Å². The van der Waals surface area contributed by atoms with Gasteiger partial charge in [-0.05, 0) is 78.1 Å². The van der Waals surface area contributed by atoms with Gasteiger partial charge in [-0.25, -0.2) is 4.79 Å². The molecule has 0 spiro atoms. The number of hydrogen-bond acceptors (Lipinski definition) is 10. The highest BCUT2D eigenvalue weighted by Crippen LogP contribution is 2.23. The topological polar surface area (TPSA) is 275 Å². The van der Waals surface area contributed by atoms with E-state index in [4.69, 9.17) is 16.6 Å². The van der Waals surface area contributed by atoms with Gasteiger partial charge in [0.1, 0.15) is 36.0 Å². The van der Waals surface area contributed by atoms with Gasteiger partial charge in [0.2, 0.25) is 23.6 Å². The molecule has 7 atom stereocenters. The first-order chi connectivity index (χ1) is 29.1. The van der Waals surface area contributed by atoms with Gasteiger partial charge in [-0.1, -0.05) is 91.0 Å². The van der Waals surface area contributed by atoms with Crippen LogP contribution < -0.4 is 27.4 Å². The first-order valence-electron chi connectivity index (χ1n) is 20.0. The summed E-state index contributed by atoms with van der Waals surface area (Å²) in [5, 5.41) is 47.3. The highest BCUT2D eigenvalue weighted by atomic mass is 16.4. The molecule has 0 aromatic heterocycles. The Bertz CT molecular complexity index is 2150. The maximum atomic E-state index is 14.0. The van der Waals surface area contributed by atoms with Crippen molar-refractivity contribution in [1.82, 2.24) is 20.9 Å². The molecule has 16 heteroatoms. The van der Waals surface area contributed by atoms with Gasteiger partial charge in [0.25, 0.3) is 0 Å². The first-order valence-corrected chi connectivity index (χ1v) is 20.0. The normalized spacial score (nSPS) is 16.6. The Balaban J connectivity index is 1.25. The maximum Gasteiger partial charge on any atom is 0.326 e. The van der Waals surface area contributed by atoms with Gasteiger partial charge >= 0.3 is 11.9 Å². The third kappa shape index (κ3) is 12.7. The molecule has 0 saturated carbocycles. The summed E-state index contributed by atoms with van der Waals surface area (Å²) in [7, 11) is 0. The summed E-state index contributed by atoms with van der Waals surface area (Å²) in [5.74, 6) is -5.27. The number of amides is 4. The number of likely N-dealkylation sites (tertiary alicyclic amines) is 1. The predicted octanol–water partition coefficient (Wildman–Crippen LogP) is 1.28. The summed E-state index contributed by atoms with van der Waals surface area (Å²) in [4.78, 5) is 79.4. The van der Waals surface area contributed by atoms with Crippen LogP contribution in [0.2, 0.25) is 0 Å². The SMILES string of the molecule is CC(O)C(NC(=O)C(Cc1ccc(O)cc1)NC(=O)C(N)Cc1ccc(-c2ccc(CC(N)C(=O)O)cc2)cc1)C(=O)N1CCCC1C(=O)NC(Cc1ccccc1)C(=O)O. The van der Waals surface area contributed by atoms with Crippen LogP contribution in [0, 0.1) is 0 Å². The number of phenols is 1. The van der Waals surface area contributed by atoms with Crippen molar-refractivity contribution in [2.75, 3.05) is 6.54 Å². The second-order valence-corrected chi connectivity index (χ2v) is 15.3. The summed E-state index contributed by atoms with van der Waals surface area (Å²) in [5.41, 5.74) is 16.5. The molecule has 7 unspecified atom stereocenters. The molecule has 0 bridgehead atoms. The number of carboxylic acid groups (broad SMARTS) is 2. The van der Waals surface area contributed by atoms with Crippen molar-refractivity contribution in [3.05, 3.63) is 125 Å². The van der Waals surface area contributed by atoms with Crippen LogP contribution in [0.15, 0.2) is 103 Å². The van der Waals surface area contributed by atoms with Gasteiger partial charge in [0, 0.05) is 19.4 Å². The number of aliphatic hydroxyl groups excluding tert-OH is 1. The number of rotatable bonds is 19. The number of carbonyl (C=O) groups excluding carboxylic acids is 4. The van der Waals surface area contributed by atoms with Crippen molar-refractivity contribution in [3.8, 4) is 16.9 Å². The van der Waals surface area contributed by atoms with Gasteiger partial charge in [-0.3, -0.25) is 24.0 Å². The fourth-order valence-electron chi connectivity index (χ4n) is 7.15. The number of carboxylic acids is 2. The maximum absolute atomic E-state index is 14.0. The zero-order valence-electron chi connectivity index (χ0n) is 33.6. The molecular weight excluding hydrogens is 785 g/mol. The molecule has 1 fully saturated rings. The quantitative estimate of drug-likeness (QED) is 0.0647. The van der Waals surface area contributed by atoms with E-state index < -0.39 is 77.9 Å². The fraction of sp³-hybridized carbons (Fsp3) is 0.333.